The van der Waals surface area contributed by atoms with E-state index in [1.54, 1.807) is 24.3 Å². The molecule has 2 aromatic rings. The Hall–Kier alpha value is -2.13. The van der Waals surface area contributed by atoms with Crippen LogP contribution in [0.5, 0.6) is 0 Å². The van der Waals surface area contributed by atoms with Crippen LogP contribution in [-0.2, 0) is 19.6 Å². The Morgan fingerprint density at radius 3 is 2.63 bits per heavy atom. The van der Waals surface area contributed by atoms with Gasteiger partial charge in [0, 0.05) is 18.1 Å². The molecule has 1 saturated heterocycles. The minimum absolute atomic E-state index is 0.00258. The lowest BCUT2D eigenvalue weighted by Gasteiger charge is -2.31. The number of halogens is 2. The number of para-hydroxylation sites is 1. The van der Waals surface area contributed by atoms with Gasteiger partial charge in [-0.2, -0.15) is 4.31 Å². The standard InChI is InChI=1S/C20H20Cl2N2O5S/c1-29-20(26)15-6-2-3-7-17(15)23-19(25)13-5-4-10-24(12-13)30(27,28)18-11-14(21)8-9-16(18)22/h2-3,6-9,11,13H,4-5,10,12H2,1H3,(H,23,25)/t13-/m0/s1. The molecular weight excluding hydrogens is 451 g/mol. The van der Waals surface area contributed by atoms with Gasteiger partial charge in [0.1, 0.15) is 4.90 Å². The fraction of sp³-hybridized carbons (Fsp3) is 0.300. The molecule has 10 heteroatoms. The first-order chi connectivity index (χ1) is 14.2. The molecule has 0 aliphatic carbocycles. The summed E-state index contributed by atoms with van der Waals surface area (Å²) in [6.07, 6.45) is 1.02. The maximum atomic E-state index is 13.1. The van der Waals surface area contributed by atoms with Crippen molar-refractivity contribution in [3.8, 4) is 0 Å². The Kier molecular flexibility index (Phi) is 7.02. The lowest BCUT2D eigenvalue weighted by molar-refractivity contribution is -0.120. The molecular formula is C20H20Cl2N2O5S. The number of methoxy groups -OCH3 is 1. The molecule has 0 aromatic heterocycles. The number of nitrogens with zero attached hydrogens (tertiary/aromatic N) is 1. The molecule has 7 nitrogen and oxygen atoms in total. The van der Waals surface area contributed by atoms with Crippen LogP contribution in [0.1, 0.15) is 23.2 Å². The maximum absolute atomic E-state index is 13.1. The molecule has 1 fully saturated rings. The number of carbonyl (C=O) groups excluding carboxylic acids is 2. The van der Waals surface area contributed by atoms with Gasteiger partial charge in [-0.1, -0.05) is 35.3 Å². The lowest BCUT2D eigenvalue weighted by Crippen LogP contribution is -2.43. The maximum Gasteiger partial charge on any atom is 0.339 e. The number of amides is 1. The zero-order chi connectivity index (χ0) is 21.9. The molecule has 0 saturated carbocycles. The van der Waals surface area contributed by atoms with E-state index >= 15 is 0 Å². The third-order valence-electron chi connectivity index (χ3n) is 4.86. The summed E-state index contributed by atoms with van der Waals surface area (Å²) >= 11 is 12.0. The number of ether oxygens (including phenoxy) is 1. The zero-order valence-electron chi connectivity index (χ0n) is 16.1. The number of benzene rings is 2. The number of hydrogen-bond acceptors (Lipinski definition) is 5. The number of anilines is 1. The summed E-state index contributed by atoms with van der Waals surface area (Å²) in [5.74, 6) is -1.53. The molecule has 1 atom stereocenters. The molecule has 1 aliphatic rings. The third-order valence-corrected chi connectivity index (χ3v) is 7.44. The van der Waals surface area contributed by atoms with Crippen molar-refractivity contribution in [3.05, 3.63) is 58.1 Å². The van der Waals surface area contributed by atoms with Gasteiger partial charge in [0.2, 0.25) is 15.9 Å². The van der Waals surface area contributed by atoms with E-state index in [1.807, 2.05) is 0 Å². The number of esters is 1. The summed E-state index contributed by atoms with van der Waals surface area (Å²) in [5.41, 5.74) is 0.534. The first kappa shape index (κ1) is 22.6. The minimum Gasteiger partial charge on any atom is -0.465 e. The smallest absolute Gasteiger partial charge is 0.339 e. The Balaban J connectivity index is 1.79. The highest BCUT2D eigenvalue weighted by Crippen LogP contribution is 2.31. The molecule has 1 aliphatic heterocycles. The predicted molar refractivity (Wildman–Crippen MR) is 114 cm³/mol. The average Bonchev–Trinajstić information content (AvgIpc) is 2.75. The first-order valence-electron chi connectivity index (χ1n) is 9.17. The van der Waals surface area contributed by atoms with Crippen molar-refractivity contribution in [2.24, 2.45) is 5.92 Å². The Labute approximate surface area is 185 Å². The number of hydrogen-bond donors (Lipinski definition) is 1. The average molecular weight is 471 g/mol. The fourth-order valence-corrected chi connectivity index (χ4v) is 5.56. The van der Waals surface area contributed by atoms with Crippen molar-refractivity contribution in [2.45, 2.75) is 17.7 Å². The van der Waals surface area contributed by atoms with E-state index in [2.05, 4.69) is 5.32 Å². The summed E-state index contributed by atoms with van der Waals surface area (Å²) in [5, 5.41) is 3.04. The van der Waals surface area contributed by atoms with Gasteiger partial charge in [0.25, 0.3) is 0 Å². The van der Waals surface area contributed by atoms with E-state index in [0.717, 1.165) is 0 Å². The van der Waals surface area contributed by atoms with Gasteiger partial charge in [-0.25, -0.2) is 13.2 Å². The quantitative estimate of drug-likeness (QED) is 0.670. The van der Waals surface area contributed by atoms with Gasteiger partial charge < -0.3 is 10.1 Å². The van der Waals surface area contributed by atoms with Crippen LogP contribution >= 0.6 is 23.2 Å². The highest BCUT2D eigenvalue weighted by molar-refractivity contribution is 7.89. The molecule has 2 aromatic carbocycles. The van der Waals surface area contributed by atoms with Gasteiger partial charge in [0.15, 0.2) is 0 Å². The number of nitrogens with one attached hydrogen (secondary N) is 1. The van der Waals surface area contributed by atoms with E-state index < -0.39 is 21.9 Å². The second kappa shape index (κ2) is 9.34. The first-order valence-corrected chi connectivity index (χ1v) is 11.4. The summed E-state index contributed by atoms with van der Waals surface area (Å²) < 4.78 is 32.1. The van der Waals surface area contributed by atoms with Gasteiger partial charge >= 0.3 is 5.97 Å². The molecule has 1 N–H and O–H groups in total. The van der Waals surface area contributed by atoms with E-state index in [-0.39, 0.29) is 39.5 Å². The van der Waals surface area contributed by atoms with Crippen LogP contribution in [-0.4, -0.2) is 44.8 Å². The van der Waals surface area contributed by atoms with Crippen molar-refractivity contribution in [3.63, 3.8) is 0 Å². The van der Waals surface area contributed by atoms with Crippen molar-refractivity contribution >= 4 is 50.8 Å². The molecule has 30 heavy (non-hydrogen) atoms. The van der Waals surface area contributed by atoms with E-state index in [0.29, 0.717) is 18.5 Å². The van der Waals surface area contributed by atoms with Crippen LogP contribution in [0.25, 0.3) is 0 Å². The van der Waals surface area contributed by atoms with Gasteiger partial charge in [-0.3, -0.25) is 4.79 Å². The summed E-state index contributed by atoms with van der Waals surface area (Å²) in [7, 11) is -2.66. The number of sulfonamides is 1. The van der Waals surface area contributed by atoms with Crippen LogP contribution in [0.15, 0.2) is 47.4 Å². The van der Waals surface area contributed by atoms with Crippen molar-refractivity contribution in [2.75, 3.05) is 25.5 Å². The van der Waals surface area contributed by atoms with Gasteiger partial charge in [0.05, 0.1) is 29.3 Å². The van der Waals surface area contributed by atoms with E-state index in [4.69, 9.17) is 27.9 Å². The van der Waals surface area contributed by atoms with Crippen LogP contribution in [0.2, 0.25) is 10.0 Å². The van der Waals surface area contributed by atoms with E-state index in [1.165, 1.54) is 29.6 Å². The van der Waals surface area contributed by atoms with Crippen LogP contribution < -0.4 is 5.32 Å². The van der Waals surface area contributed by atoms with Gasteiger partial charge in [-0.15, -0.1) is 0 Å². The summed E-state index contributed by atoms with van der Waals surface area (Å²) in [6.45, 7) is 0.269. The topological polar surface area (TPSA) is 92.8 Å². The fourth-order valence-electron chi connectivity index (χ4n) is 3.30. The second-order valence-electron chi connectivity index (χ2n) is 6.80. The van der Waals surface area contributed by atoms with Crippen LogP contribution in [0.3, 0.4) is 0 Å². The number of rotatable bonds is 5. The van der Waals surface area contributed by atoms with Gasteiger partial charge in [-0.05, 0) is 43.2 Å². The van der Waals surface area contributed by atoms with Crippen LogP contribution in [0, 0.1) is 5.92 Å². The highest BCUT2D eigenvalue weighted by atomic mass is 35.5. The molecule has 0 spiro atoms. The van der Waals surface area contributed by atoms with Crippen LogP contribution in [0.4, 0.5) is 5.69 Å². The molecule has 0 bridgehead atoms. The van der Waals surface area contributed by atoms with E-state index in [9.17, 15) is 18.0 Å². The molecule has 1 heterocycles. The number of carbonyl (C=O) groups is 2. The van der Waals surface area contributed by atoms with Crippen molar-refractivity contribution in [1.29, 1.82) is 0 Å². The number of piperidine rings is 1. The normalized spacial score (nSPS) is 17.4. The van der Waals surface area contributed by atoms with Crippen molar-refractivity contribution in [1.82, 2.24) is 4.31 Å². The molecule has 0 radical (unpaired) electrons. The minimum atomic E-state index is -3.92. The molecule has 3 rings (SSSR count). The molecule has 0 unspecified atom stereocenters. The summed E-state index contributed by atoms with van der Waals surface area (Å²) in [6, 6.07) is 10.7. The predicted octanol–water partition coefficient (Wildman–Crippen LogP) is 3.82. The highest BCUT2D eigenvalue weighted by Gasteiger charge is 2.34. The monoisotopic (exact) mass is 470 g/mol. The Morgan fingerprint density at radius 2 is 1.90 bits per heavy atom. The Morgan fingerprint density at radius 1 is 1.17 bits per heavy atom. The molecule has 1 amide bonds. The Bertz CT molecular complexity index is 1070. The largest absolute Gasteiger partial charge is 0.465 e. The summed E-state index contributed by atoms with van der Waals surface area (Å²) in [4.78, 5) is 24.6. The second-order valence-corrected chi connectivity index (χ2v) is 9.55. The lowest BCUT2D eigenvalue weighted by atomic mass is 9.98. The SMILES string of the molecule is COC(=O)c1ccccc1NC(=O)[C@H]1CCCN(S(=O)(=O)c2cc(Cl)ccc2Cl)C1. The third kappa shape index (κ3) is 4.78. The zero-order valence-corrected chi connectivity index (χ0v) is 18.4. The van der Waals surface area contributed by atoms with Crippen molar-refractivity contribution < 1.29 is 22.7 Å². The molecule has 160 valence electrons.